The highest BCUT2D eigenvalue weighted by molar-refractivity contribution is 6.30. The van der Waals surface area contributed by atoms with Gasteiger partial charge in [0.25, 0.3) is 0 Å². The summed E-state index contributed by atoms with van der Waals surface area (Å²) >= 11 is 5.59. The molecule has 0 saturated heterocycles. The molecule has 0 aliphatic carbocycles. The van der Waals surface area contributed by atoms with Crippen LogP contribution in [0.25, 0.3) is 0 Å². The quantitative estimate of drug-likeness (QED) is 0.533. The lowest BCUT2D eigenvalue weighted by atomic mass is 10.1. The van der Waals surface area contributed by atoms with Crippen molar-refractivity contribution in [3.63, 3.8) is 0 Å². The van der Waals surface area contributed by atoms with Gasteiger partial charge in [-0.15, -0.1) is 11.6 Å². The van der Waals surface area contributed by atoms with Crippen molar-refractivity contribution in [2.75, 3.05) is 19.1 Å². The van der Waals surface area contributed by atoms with E-state index in [4.69, 9.17) is 21.1 Å². The van der Waals surface area contributed by atoms with Crippen molar-refractivity contribution < 1.29 is 14.3 Å². The number of ketones is 1. The summed E-state index contributed by atoms with van der Waals surface area (Å²) in [6.45, 7) is 9.50. The molecular formula is C16H23ClO3. The molecule has 0 atom stereocenters. The Kier molecular flexibility index (Phi) is 6.86. The molecule has 0 unspecified atom stereocenters. The van der Waals surface area contributed by atoms with Crippen molar-refractivity contribution in [1.29, 1.82) is 0 Å². The van der Waals surface area contributed by atoms with Gasteiger partial charge in [0.15, 0.2) is 17.3 Å². The molecule has 4 heteroatoms. The molecule has 1 aromatic rings. The molecule has 0 N–H and O–H groups in total. The van der Waals surface area contributed by atoms with E-state index in [2.05, 4.69) is 27.7 Å². The zero-order valence-corrected chi connectivity index (χ0v) is 13.4. The number of Topliss-reactive ketones (excluding diaryl/α,β-unsaturated/α-hetero) is 1. The molecule has 1 rings (SSSR count). The monoisotopic (exact) mass is 298 g/mol. The van der Waals surface area contributed by atoms with Crippen LogP contribution in [0.1, 0.15) is 38.1 Å². The lowest BCUT2D eigenvalue weighted by Gasteiger charge is -2.16. The van der Waals surface area contributed by atoms with Crippen LogP contribution in [0, 0.1) is 11.8 Å². The molecule has 0 fully saturated rings. The number of rotatable bonds is 8. The van der Waals surface area contributed by atoms with E-state index < -0.39 is 0 Å². The second-order valence-corrected chi connectivity index (χ2v) is 5.90. The first-order valence-electron chi connectivity index (χ1n) is 6.92. The Balaban J connectivity index is 2.93. The maximum absolute atomic E-state index is 11.7. The summed E-state index contributed by atoms with van der Waals surface area (Å²) in [4.78, 5) is 11.7. The maximum Gasteiger partial charge on any atom is 0.177 e. The van der Waals surface area contributed by atoms with Crippen LogP contribution >= 0.6 is 11.6 Å². The number of hydrogen-bond donors (Lipinski definition) is 0. The van der Waals surface area contributed by atoms with Crippen LogP contribution in [-0.2, 0) is 0 Å². The minimum absolute atomic E-state index is 0.0319. The summed E-state index contributed by atoms with van der Waals surface area (Å²) in [6, 6.07) is 5.21. The van der Waals surface area contributed by atoms with Gasteiger partial charge in [-0.25, -0.2) is 0 Å². The van der Waals surface area contributed by atoms with E-state index in [0.29, 0.717) is 42.1 Å². The highest BCUT2D eigenvalue weighted by atomic mass is 35.5. The fourth-order valence-corrected chi connectivity index (χ4v) is 1.66. The predicted molar refractivity (Wildman–Crippen MR) is 82.2 cm³/mol. The number of carbonyl (C=O) groups excluding carboxylic acids is 1. The summed E-state index contributed by atoms with van der Waals surface area (Å²) < 4.78 is 11.5. The molecule has 0 radical (unpaired) electrons. The fraction of sp³-hybridized carbons (Fsp3) is 0.562. The first kappa shape index (κ1) is 16.8. The van der Waals surface area contributed by atoms with Crippen molar-refractivity contribution in [2.24, 2.45) is 11.8 Å². The van der Waals surface area contributed by atoms with Crippen LogP contribution in [0.2, 0.25) is 0 Å². The van der Waals surface area contributed by atoms with Crippen LogP contribution in [0.5, 0.6) is 11.5 Å². The minimum atomic E-state index is -0.114. The van der Waals surface area contributed by atoms with E-state index in [-0.39, 0.29) is 11.7 Å². The van der Waals surface area contributed by atoms with E-state index in [0.717, 1.165) is 0 Å². The van der Waals surface area contributed by atoms with Gasteiger partial charge in [-0.05, 0) is 30.0 Å². The van der Waals surface area contributed by atoms with Gasteiger partial charge in [-0.2, -0.15) is 0 Å². The van der Waals surface area contributed by atoms with E-state index in [1.807, 2.05) is 0 Å². The van der Waals surface area contributed by atoms with Gasteiger partial charge in [0.05, 0.1) is 19.1 Å². The second-order valence-electron chi connectivity index (χ2n) is 5.63. The molecule has 0 spiro atoms. The third-order valence-corrected chi connectivity index (χ3v) is 2.77. The van der Waals surface area contributed by atoms with Gasteiger partial charge in [0.1, 0.15) is 0 Å². The van der Waals surface area contributed by atoms with E-state index in [1.54, 1.807) is 18.2 Å². The Morgan fingerprint density at radius 3 is 2.10 bits per heavy atom. The lowest BCUT2D eigenvalue weighted by Crippen LogP contribution is -2.10. The summed E-state index contributed by atoms with van der Waals surface area (Å²) in [7, 11) is 0. The molecular weight excluding hydrogens is 276 g/mol. The Bertz CT molecular complexity index is 441. The molecule has 3 nitrogen and oxygen atoms in total. The Hall–Kier alpha value is -1.22. The van der Waals surface area contributed by atoms with Crippen molar-refractivity contribution in [3.05, 3.63) is 23.8 Å². The molecule has 0 aliphatic heterocycles. The SMILES string of the molecule is CC(C)COc1ccc(C(=O)CCl)cc1OCC(C)C. The van der Waals surface area contributed by atoms with Crippen LogP contribution < -0.4 is 9.47 Å². The molecule has 0 saturated carbocycles. The van der Waals surface area contributed by atoms with Crippen LogP contribution in [0.15, 0.2) is 18.2 Å². The molecule has 0 amide bonds. The minimum Gasteiger partial charge on any atom is -0.489 e. The standard InChI is InChI=1S/C16H23ClO3/c1-11(2)9-19-15-6-5-13(14(18)8-17)7-16(15)20-10-12(3)4/h5-7,11-12H,8-10H2,1-4H3. The van der Waals surface area contributed by atoms with E-state index in [1.165, 1.54) is 0 Å². The predicted octanol–water partition coefficient (Wildman–Crippen LogP) is 4.18. The largest absolute Gasteiger partial charge is 0.489 e. The second kappa shape index (κ2) is 8.15. The van der Waals surface area contributed by atoms with Gasteiger partial charge >= 0.3 is 0 Å². The Morgan fingerprint density at radius 1 is 1.05 bits per heavy atom. The van der Waals surface area contributed by atoms with Gasteiger partial charge in [0, 0.05) is 5.56 Å². The molecule has 1 aromatic carbocycles. The highest BCUT2D eigenvalue weighted by Crippen LogP contribution is 2.29. The van der Waals surface area contributed by atoms with E-state index in [9.17, 15) is 4.79 Å². The number of benzene rings is 1. The average molecular weight is 299 g/mol. The third-order valence-electron chi connectivity index (χ3n) is 2.53. The Morgan fingerprint density at radius 2 is 1.60 bits per heavy atom. The zero-order valence-electron chi connectivity index (χ0n) is 12.6. The van der Waals surface area contributed by atoms with Crippen LogP contribution in [-0.4, -0.2) is 24.9 Å². The molecule has 0 aromatic heterocycles. The topological polar surface area (TPSA) is 35.5 Å². The summed E-state index contributed by atoms with van der Waals surface area (Å²) in [5.41, 5.74) is 0.552. The normalized spacial score (nSPS) is 10.9. The van der Waals surface area contributed by atoms with Gasteiger partial charge < -0.3 is 9.47 Å². The van der Waals surface area contributed by atoms with Crippen LogP contribution in [0.3, 0.4) is 0 Å². The number of halogens is 1. The number of alkyl halides is 1. The maximum atomic E-state index is 11.7. The number of carbonyl (C=O) groups is 1. The first-order chi connectivity index (χ1) is 9.43. The number of hydrogen-bond acceptors (Lipinski definition) is 3. The fourth-order valence-electron chi connectivity index (χ4n) is 1.50. The van der Waals surface area contributed by atoms with Crippen molar-refractivity contribution >= 4 is 17.4 Å². The smallest absolute Gasteiger partial charge is 0.177 e. The van der Waals surface area contributed by atoms with Gasteiger partial charge in [0.2, 0.25) is 0 Å². The molecule has 0 aliphatic rings. The number of ether oxygens (including phenoxy) is 2. The molecule has 0 heterocycles. The third kappa shape index (κ3) is 5.41. The van der Waals surface area contributed by atoms with E-state index >= 15 is 0 Å². The van der Waals surface area contributed by atoms with Gasteiger partial charge in [-0.3, -0.25) is 4.79 Å². The van der Waals surface area contributed by atoms with Crippen molar-refractivity contribution in [1.82, 2.24) is 0 Å². The Labute approximate surface area is 126 Å². The zero-order chi connectivity index (χ0) is 15.1. The molecule has 0 bridgehead atoms. The summed E-state index contributed by atoms with van der Waals surface area (Å²) in [5, 5.41) is 0. The summed E-state index contributed by atoms with van der Waals surface area (Å²) in [5.74, 6) is 1.96. The average Bonchev–Trinajstić information content (AvgIpc) is 2.42. The highest BCUT2D eigenvalue weighted by Gasteiger charge is 2.12. The van der Waals surface area contributed by atoms with Crippen LogP contribution in [0.4, 0.5) is 0 Å². The molecule has 20 heavy (non-hydrogen) atoms. The van der Waals surface area contributed by atoms with Gasteiger partial charge in [-0.1, -0.05) is 27.7 Å². The summed E-state index contributed by atoms with van der Waals surface area (Å²) in [6.07, 6.45) is 0. The lowest BCUT2D eigenvalue weighted by molar-refractivity contribution is 0.102. The van der Waals surface area contributed by atoms with Crippen molar-refractivity contribution in [2.45, 2.75) is 27.7 Å². The first-order valence-corrected chi connectivity index (χ1v) is 7.46. The molecule has 112 valence electrons. The van der Waals surface area contributed by atoms with Crippen molar-refractivity contribution in [3.8, 4) is 11.5 Å².